The van der Waals surface area contributed by atoms with Crippen LogP contribution in [-0.4, -0.2) is 28.0 Å². The van der Waals surface area contributed by atoms with Gasteiger partial charge >= 0.3 is 6.09 Å². The molecule has 1 saturated carbocycles. The van der Waals surface area contributed by atoms with Gasteiger partial charge in [-0.3, -0.25) is 0 Å². The molecule has 0 amide bonds. The van der Waals surface area contributed by atoms with Gasteiger partial charge in [0, 0.05) is 23.0 Å². The summed E-state index contributed by atoms with van der Waals surface area (Å²) in [5.74, 6) is 1.45. The van der Waals surface area contributed by atoms with E-state index in [4.69, 9.17) is 4.74 Å². The molecule has 0 radical (unpaired) electrons. The van der Waals surface area contributed by atoms with Crippen LogP contribution in [0.25, 0.3) is 0 Å². The highest BCUT2D eigenvalue weighted by molar-refractivity contribution is 9.10. The summed E-state index contributed by atoms with van der Waals surface area (Å²) < 4.78 is 7.99. The molecule has 1 atom stereocenters. The molecule has 0 saturated heterocycles. The van der Waals surface area contributed by atoms with Crippen molar-refractivity contribution in [2.24, 2.45) is 0 Å². The van der Waals surface area contributed by atoms with Crippen molar-refractivity contribution in [2.75, 3.05) is 11.9 Å². The van der Waals surface area contributed by atoms with Gasteiger partial charge in [0.1, 0.15) is 11.4 Å². The zero-order valence-corrected chi connectivity index (χ0v) is 17.3. The number of nitrogens with one attached hydrogen (secondary N) is 1. The Bertz CT molecular complexity index is 791. The highest BCUT2D eigenvalue weighted by Gasteiger charge is 2.31. The topological polar surface area (TPSA) is 56.2 Å². The third kappa shape index (κ3) is 4.87. The molecule has 6 heteroatoms. The minimum atomic E-state index is -0.535. The van der Waals surface area contributed by atoms with Crippen molar-refractivity contribution >= 4 is 27.8 Å². The standard InChI is InChI=1S/C20H26BrN3O2/c1-13(15-6-5-7-16(21)10-15)12-22-18-11-17(14-8-9-14)24(23-18)19(25)26-20(2,3)4/h5-7,10-11,13-14H,8-9,12H2,1-4H3,(H,22,23). The Balaban J connectivity index is 1.70. The van der Waals surface area contributed by atoms with Gasteiger partial charge in [0.15, 0.2) is 0 Å². The van der Waals surface area contributed by atoms with Crippen molar-refractivity contribution in [2.45, 2.75) is 58.0 Å². The quantitative estimate of drug-likeness (QED) is 0.692. The second kappa shape index (κ2) is 7.43. The molecule has 26 heavy (non-hydrogen) atoms. The van der Waals surface area contributed by atoms with Crippen LogP contribution < -0.4 is 5.32 Å². The van der Waals surface area contributed by atoms with Gasteiger partial charge in [0.05, 0.1) is 5.69 Å². The van der Waals surface area contributed by atoms with Crippen LogP contribution in [0.5, 0.6) is 0 Å². The lowest BCUT2D eigenvalue weighted by Gasteiger charge is -2.19. The Kier molecular flexibility index (Phi) is 5.42. The molecule has 1 unspecified atom stereocenters. The van der Waals surface area contributed by atoms with Gasteiger partial charge in [-0.1, -0.05) is 35.0 Å². The number of carbonyl (C=O) groups is 1. The number of benzene rings is 1. The molecular formula is C20H26BrN3O2. The summed E-state index contributed by atoms with van der Waals surface area (Å²) in [4.78, 5) is 12.5. The first kappa shape index (κ1) is 19.0. The van der Waals surface area contributed by atoms with E-state index in [1.165, 1.54) is 10.2 Å². The lowest BCUT2D eigenvalue weighted by molar-refractivity contribution is 0.0510. The number of anilines is 1. The zero-order chi connectivity index (χ0) is 18.9. The number of rotatable bonds is 5. The van der Waals surface area contributed by atoms with E-state index in [2.05, 4.69) is 45.4 Å². The summed E-state index contributed by atoms with van der Waals surface area (Å²) in [5, 5.41) is 7.83. The second-order valence-corrected chi connectivity index (χ2v) is 8.87. The van der Waals surface area contributed by atoms with Crippen molar-refractivity contribution in [1.82, 2.24) is 9.78 Å². The van der Waals surface area contributed by atoms with Gasteiger partial charge in [-0.25, -0.2) is 4.79 Å². The van der Waals surface area contributed by atoms with Crippen molar-refractivity contribution < 1.29 is 9.53 Å². The van der Waals surface area contributed by atoms with Crippen molar-refractivity contribution in [1.29, 1.82) is 0 Å². The van der Waals surface area contributed by atoms with Crippen LogP contribution in [0, 0.1) is 0 Å². The maximum Gasteiger partial charge on any atom is 0.435 e. The van der Waals surface area contributed by atoms with Crippen LogP contribution in [0.2, 0.25) is 0 Å². The summed E-state index contributed by atoms with van der Waals surface area (Å²) in [6.07, 6.45) is 1.79. The van der Waals surface area contributed by atoms with E-state index in [1.807, 2.05) is 39.0 Å². The molecule has 5 nitrogen and oxygen atoms in total. The lowest BCUT2D eigenvalue weighted by Crippen LogP contribution is -2.28. The Labute approximate surface area is 163 Å². The Morgan fingerprint density at radius 2 is 2.12 bits per heavy atom. The highest BCUT2D eigenvalue weighted by Crippen LogP contribution is 2.41. The first-order valence-electron chi connectivity index (χ1n) is 9.05. The van der Waals surface area contributed by atoms with E-state index in [-0.39, 0.29) is 0 Å². The third-order valence-electron chi connectivity index (χ3n) is 4.31. The Morgan fingerprint density at radius 1 is 1.38 bits per heavy atom. The smallest absolute Gasteiger partial charge is 0.435 e. The molecule has 0 bridgehead atoms. The molecule has 1 N–H and O–H groups in total. The van der Waals surface area contributed by atoms with Gasteiger partial charge in [-0.05, 0) is 57.2 Å². The largest absolute Gasteiger partial charge is 0.442 e. The van der Waals surface area contributed by atoms with E-state index in [0.29, 0.717) is 11.8 Å². The van der Waals surface area contributed by atoms with Gasteiger partial charge in [-0.15, -0.1) is 5.10 Å². The molecule has 1 aromatic carbocycles. The summed E-state index contributed by atoms with van der Waals surface area (Å²) in [5.41, 5.74) is 1.66. The molecule has 0 spiro atoms. The predicted octanol–water partition coefficient (Wildman–Crippen LogP) is 5.52. The average molecular weight is 420 g/mol. The lowest BCUT2D eigenvalue weighted by atomic mass is 10.0. The molecule has 0 aliphatic heterocycles. The average Bonchev–Trinajstić information content (AvgIpc) is 3.30. The molecule has 3 rings (SSSR count). The van der Waals surface area contributed by atoms with Crippen molar-refractivity contribution in [3.63, 3.8) is 0 Å². The molecule has 1 fully saturated rings. The van der Waals surface area contributed by atoms with Crippen LogP contribution in [-0.2, 0) is 4.74 Å². The fourth-order valence-electron chi connectivity index (χ4n) is 2.79. The highest BCUT2D eigenvalue weighted by atomic mass is 79.9. The third-order valence-corrected chi connectivity index (χ3v) is 4.80. The molecule has 1 aliphatic rings. The summed E-state index contributed by atoms with van der Waals surface area (Å²) in [6.45, 7) is 8.51. The van der Waals surface area contributed by atoms with Crippen molar-refractivity contribution in [3.8, 4) is 0 Å². The van der Waals surface area contributed by atoms with Crippen LogP contribution in [0.3, 0.4) is 0 Å². The molecule has 1 heterocycles. The van der Waals surface area contributed by atoms with Gasteiger partial charge < -0.3 is 10.1 Å². The van der Waals surface area contributed by atoms with E-state index in [9.17, 15) is 4.79 Å². The number of ether oxygens (including phenoxy) is 1. The minimum absolute atomic E-state index is 0.323. The van der Waals surface area contributed by atoms with E-state index in [1.54, 1.807) is 0 Å². The van der Waals surface area contributed by atoms with Gasteiger partial charge in [0.2, 0.25) is 0 Å². The summed E-state index contributed by atoms with van der Waals surface area (Å²) >= 11 is 3.51. The maximum absolute atomic E-state index is 12.5. The van der Waals surface area contributed by atoms with E-state index < -0.39 is 11.7 Å². The molecule has 1 aliphatic carbocycles. The van der Waals surface area contributed by atoms with Gasteiger partial charge in [0.25, 0.3) is 0 Å². The summed E-state index contributed by atoms with van der Waals surface area (Å²) in [6, 6.07) is 10.3. The van der Waals surface area contributed by atoms with Crippen LogP contribution >= 0.6 is 15.9 Å². The molecule has 140 valence electrons. The fourth-order valence-corrected chi connectivity index (χ4v) is 3.21. The normalized spacial score (nSPS) is 15.6. The van der Waals surface area contributed by atoms with Crippen LogP contribution in [0.15, 0.2) is 34.8 Å². The van der Waals surface area contributed by atoms with Gasteiger partial charge in [-0.2, -0.15) is 4.68 Å². The first-order valence-corrected chi connectivity index (χ1v) is 9.85. The molecule has 2 aromatic rings. The number of carbonyl (C=O) groups excluding carboxylic acids is 1. The fraction of sp³-hybridized carbons (Fsp3) is 0.500. The predicted molar refractivity (Wildman–Crippen MR) is 107 cm³/mol. The SMILES string of the molecule is CC(CNc1cc(C2CC2)n(C(=O)OC(C)(C)C)n1)c1cccc(Br)c1. The monoisotopic (exact) mass is 419 g/mol. The number of nitrogens with zero attached hydrogens (tertiary/aromatic N) is 2. The Morgan fingerprint density at radius 3 is 2.73 bits per heavy atom. The zero-order valence-electron chi connectivity index (χ0n) is 15.8. The molecular weight excluding hydrogens is 394 g/mol. The minimum Gasteiger partial charge on any atom is -0.442 e. The van der Waals surface area contributed by atoms with E-state index in [0.717, 1.165) is 35.4 Å². The number of halogens is 1. The van der Waals surface area contributed by atoms with Crippen LogP contribution in [0.4, 0.5) is 10.6 Å². The Hall–Kier alpha value is -1.82. The molecule has 1 aromatic heterocycles. The van der Waals surface area contributed by atoms with Crippen LogP contribution in [0.1, 0.15) is 63.6 Å². The second-order valence-electron chi connectivity index (χ2n) is 7.96. The number of hydrogen-bond acceptors (Lipinski definition) is 4. The number of aromatic nitrogens is 2. The summed E-state index contributed by atoms with van der Waals surface area (Å²) in [7, 11) is 0. The van der Waals surface area contributed by atoms with Crippen molar-refractivity contribution in [3.05, 3.63) is 46.1 Å². The number of hydrogen-bond donors (Lipinski definition) is 1. The van der Waals surface area contributed by atoms with E-state index >= 15 is 0 Å². The first-order chi connectivity index (χ1) is 12.2. The maximum atomic E-state index is 12.5.